The van der Waals surface area contributed by atoms with E-state index in [2.05, 4.69) is 27.7 Å². The normalized spacial score (nSPS) is 11.1. The first-order valence-corrected chi connectivity index (χ1v) is 16.5. The number of hydrogen-bond acceptors (Lipinski definition) is 4. The van der Waals surface area contributed by atoms with Gasteiger partial charge in [0.2, 0.25) is 0 Å². The largest absolute Gasteiger partial charge is 0.545 e. The zero-order valence-electron chi connectivity index (χ0n) is 23.4. The molecule has 2 rings (SSSR count). The maximum atomic E-state index is 11.6. The third-order valence-electron chi connectivity index (χ3n) is 6.47. The van der Waals surface area contributed by atoms with Gasteiger partial charge in [0, 0.05) is 18.9 Å². The highest BCUT2D eigenvalue weighted by molar-refractivity contribution is 7.75. The molecule has 2 aromatic carbocycles. The predicted molar refractivity (Wildman–Crippen MR) is 158 cm³/mol. The summed E-state index contributed by atoms with van der Waals surface area (Å²) in [7, 11) is -0.562. The van der Waals surface area contributed by atoms with Crippen molar-refractivity contribution < 1.29 is 19.4 Å². The lowest BCUT2D eigenvalue weighted by Crippen LogP contribution is -2.23. The maximum Gasteiger partial charge on any atom is 0.336 e. The second-order valence-corrected chi connectivity index (χ2v) is 14.1. The van der Waals surface area contributed by atoms with Crippen molar-refractivity contribution in [3.63, 3.8) is 0 Å². The highest BCUT2D eigenvalue weighted by Crippen LogP contribution is 2.61. The standard InChI is InChI=1S/C16H12O4.C16H36P/c17-15(11-10-12-6-2-1-3-7-12)20-14-9-5-4-8-13(14)16(18)19;1-5-9-13-17(14-10-6-2,15-11-7-3)16-12-8-4/h1-11H,(H,18,19);5-16H2,1-4H3/q;+1/p-1. The minimum absolute atomic E-state index is 0.0322. The van der Waals surface area contributed by atoms with Gasteiger partial charge in [0.15, 0.2) is 0 Å². The molecule has 0 fully saturated rings. The van der Waals surface area contributed by atoms with Gasteiger partial charge in [0.25, 0.3) is 0 Å². The second-order valence-electron chi connectivity index (χ2n) is 9.60. The van der Waals surface area contributed by atoms with Crippen molar-refractivity contribution in [3.05, 3.63) is 71.8 Å². The minimum Gasteiger partial charge on any atom is -0.545 e. The molecule has 0 saturated carbocycles. The molecule has 0 aliphatic rings. The van der Waals surface area contributed by atoms with Crippen molar-refractivity contribution in [2.24, 2.45) is 0 Å². The monoisotopic (exact) mass is 526 g/mol. The summed E-state index contributed by atoms with van der Waals surface area (Å²) >= 11 is 0. The Hall–Kier alpha value is -2.45. The molecule has 2 aromatic rings. The second kappa shape index (κ2) is 19.6. The van der Waals surface area contributed by atoms with Crippen LogP contribution in [-0.2, 0) is 4.79 Å². The fourth-order valence-electron chi connectivity index (χ4n) is 4.24. The van der Waals surface area contributed by atoms with Crippen LogP contribution in [0.25, 0.3) is 6.08 Å². The topological polar surface area (TPSA) is 66.4 Å². The predicted octanol–water partition coefficient (Wildman–Crippen LogP) is 7.87. The molecule has 0 unspecified atom stereocenters. The molecular weight excluding hydrogens is 479 g/mol. The van der Waals surface area contributed by atoms with Crippen LogP contribution in [0, 0.1) is 0 Å². The summed E-state index contributed by atoms with van der Waals surface area (Å²) in [5.41, 5.74) is 0.687. The Balaban J connectivity index is 0.000000377. The number of esters is 1. The van der Waals surface area contributed by atoms with Gasteiger partial charge in [-0.25, -0.2) is 4.79 Å². The summed E-state index contributed by atoms with van der Waals surface area (Å²) in [4.78, 5) is 22.5. The third-order valence-corrected chi connectivity index (χ3v) is 11.5. The van der Waals surface area contributed by atoms with Crippen molar-refractivity contribution in [3.8, 4) is 5.75 Å². The number of benzene rings is 2. The molecular formula is C32H47O4P. The Morgan fingerprint density at radius 1 is 0.730 bits per heavy atom. The Bertz CT molecular complexity index is 886. The lowest BCUT2D eigenvalue weighted by molar-refractivity contribution is -0.255. The van der Waals surface area contributed by atoms with Gasteiger partial charge in [-0.3, -0.25) is 0 Å². The van der Waals surface area contributed by atoms with E-state index in [0.717, 1.165) is 5.56 Å². The fourth-order valence-corrected chi connectivity index (χ4v) is 9.53. The molecule has 0 saturated heterocycles. The van der Waals surface area contributed by atoms with E-state index in [4.69, 9.17) is 4.74 Å². The highest BCUT2D eigenvalue weighted by Gasteiger charge is 2.34. The van der Waals surface area contributed by atoms with Crippen molar-refractivity contribution in [2.75, 3.05) is 24.6 Å². The van der Waals surface area contributed by atoms with Crippen LogP contribution in [0.15, 0.2) is 60.7 Å². The molecule has 5 heteroatoms. The first-order chi connectivity index (χ1) is 17.9. The number of para-hydroxylation sites is 1. The van der Waals surface area contributed by atoms with Crippen LogP contribution >= 0.6 is 7.26 Å². The Kier molecular flexibility index (Phi) is 17.3. The van der Waals surface area contributed by atoms with Gasteiger partial charge < -0.3 is 14.6 Å². The summed E-state index contributed by atoms with van der Waals surface area (Å²) in [5.74, 6) is -2.07. The van der Waals surface area contributed by atoms with Crippen LogP contribution < -0.4 is 9.84 Å². The van der Waals surface area contributed by atoms with Crippen LogP contribution in [0.5, 0.6) is 5.75 Å². The Morgan fingerprint density at radius 3 is 1.65 bits per heavy atom. The van der Waals surface area contributed by atoms with Crippen molar-refractivity contribution >= 4 is 25.3 Å². The van der Waals surface area contributed by atoms with E-state index >= 15 is 0 Å². The van der Waals surface area contributed by atoms with Crippen molar-refractivity contribution in [1.82, 2.24) is 0 Å². The summed E-state index contributed by atoms with van der Waals surface area (Å²) in [5, 5.41) is 10.9. The van der Waals surface area contributed by atoms with E-state index in [1.165, 1.54) is 75.6 Å². The van der Waals surface area contributed by atoms with E-state index < -0.39 is 19.2 Å². The van der Waals surface area contributed by atoms with E-state index in [1.54, 1.807) is 36.8 Å². The fraction of sp³-hybridized carbons (Fsp3) is 0.500. The lowest BCUT2D eigenvalue weighted by Gasteiger charge is -2.28. The summed E-state index contributed by atoms with van der Waals surface area (Å²) in [6.07, 6.45) is 20.8. The highest BCUT2D eigenvalue weighted by atomic mass is 31.2. The van der Waals surface area contributed by atoms with Crippen molar-refractivity contribution in [2.45, 2.75) is 79.1 Å². The number of carboxylic acids is 1. The first kappa shape index (κ1) is 32.6. The third kappa shape index (κ3) is 13.6. The van der Waals surface area contributed by atoms with E-state index in [9.17, 15) is 14.7 Å². The summed E-state index contributed by atoms with van der Waals surface area (Å²) in [6, 6.07) is 15.0. The number of carbonyl (C=O) groups excluding carboxylic acids is 2. The molecule has 0 radical (unpaired) electrons. The maximum absolute atomic E-state index is 11.6. The number of hydrogen-bond donors (Lipinski definition) is 0. The van der Waals surface area contributed by atoms with E-state index in [-0.39, 0.29) is 11.3 Å². The van der Waals surface area contributed by atoms with Gasteiger partial charge in [-0.2, -0.15) is 0 Å². The van der Waals surface area contributed by atoms with E-state index in [0.29, 0.717) is 0 Å². The van der Waals surface area contributed by atoms with E-state index in [1.807, 2.05) is 30.3 Å². The van der Waals surface area contributed by atoms with Crippen LogP contribution in [0.1, 0.15) is 95.0 Å². The van der Waals surface area contributed by atoms with Gasteiger partial charge in [-0.1, -0.05) is 95.8 Å². The van der Waals surface area contributed by atoms with Crippen LogP contribution in [-0.4, -0.2) is 36.6 Å². The number of rotatable bonds is 16. The zero-order chi connectivity index (χ0) is 27.4. The number of unbranched alkanes of at least 4 members (excludes halogenated alkanes) is 4. The lowest BCUT2D eigenvalue weighted by atomic mass is 10.2. The van der Waals surface area contributed by atoms with Crippen LogP contribution in [0.2, 0.25) is 0 Å². The molecule has 0 heterocycles. The zero-order valence-corrected chi connectivity index (χ0v) is 24.3. The number of carboxylic acid groups (broad SMARTS) is 1. The molecule has 0 aliphatic carbocycles. The molecule has 0 bridgehead atoms. The van der Waals surface area contributed by atoms with Crippen LogP contribution in [0.3, 0.4) is 0 Å². The van der Waals surface area contributed by atoms with Gasteiger partial charge in [0.05, 0.1) is 30.6 Å². The smallest absolute Gasteiger partial charge is 0.336 e. The quantitative estimate of drug-likeness (QED) is 0.0966. The summed E-state index contributed by atoms with van der Waals surface area (Å²) in [6.45, 7) is 9.42. The van der Waals surface area contributed by atoms with Crippen LogP contribution in [0.4, 0.5) is 0 Å². The van der Waals surface area contributed by atoms with Gasteiger partial charge in [-0.05, 0) is 49.5 Å². The molecule has 204 valence electrons. The van der Waals surface area contributed by atoms with Gasteiger partial charge in [0.1, 0.15) is 5.75 Å². The Morgan fingerprint density at radius 2 is 1.19 bits per heavy atom. The summed E-state index contributed by atoms with van der Waals surface area (Å²) < 4.78 is 4.98. The average molecular weight is 527 g/mol. The molecule has 0 spiro atoms. The molecule has 4 nitrogen and oxygen atoms in total. The number of aromatic carboxylic acids is 1. The van der Waals surface area contributed by atoms with Gasteiger partial charge in [-0.15, -0.1) is 0 Å². The average Bonchev–Trinajstić information content (AvgIpc) is 2.92. The Labute approximate surface area is 225 Å². The molecule has 0 aliphatic heterocycles. The molecule has 0 N–H and O–H groups in total. The first-order valence-electron chi connectivity index (χ1n) is 14.0. The number of carbonyl (C=O) groups is 2. The SMILES string of the molecule is CCCC[P+](CCCC)(CCCC)CCCC.O=C(C=Cc1ccccc1)Oc1ccccc1C(=O)[O-]. The van der Waals surface area contributed by atoms with Crippen molar-refractivity contribution in [1.29, 1.82) is 0 Å². The molecule has 37 heavy (non-hydrogen) atoms. The number of ether oxygens (including phenoxy) is 1. The molecule has 0 atom stereocenters. The molecule has 0 aromatic heterocycles. The molecule has 0 amide bonds. The minimum atomic E-state index is -1.39. The van der Waals surface area contributed by atoms with Gasteiger partial charge >= 0.3 is 5.97 Å².